The Labute approximate surface area is 106 Å². The van der Waals surface area contributed by atoms with E-state index in [1.165, 1.54) is 6.34 Å². The van der Waals surface area contributed by atoms with E-state index in [0.717, 1.165) is 11.4 Å². The maximum Gasteiger partial charge on any atom is 0.431 e. The summed E-state index contributed by atoms with van der Waals surface area (Å²) in [7, 11) is 0. The number of aryl methyl sites for hydroxylation is 2. The molecule has 0 unspecified atom stereocenters. The van der Waals surface area contributed by atoms with Crippen molar-refractivity contribution in [1.29, 1.82) is 0 Å². The van der Waals surface area contributed by atoms with E-state index >= 15 is 0 Å². The zero-order valence-corrected chi connectivity index (χ0v) is 10.9. The molecule has 7 nitrogen and oxygen atoms in total. The summed E-state index contributed by atoms with van der Waals surface area (Å²) in [5.74, 6) is 0.313. The molecule has 1 rings (SSSR count). The average molecular weight is 251 g/mol. The van der Waals surface area contributed by atoms with Crippen molar-refractivity contribution in [3.63, 3.8) is 0 Å². The highest BCUT2D eigenvalue weighted by Crippen LogP contribution is 2.05. The van der Waals surface area contributed by atoms with Gasteiger partial charge in [-0.25, -0.2) is 20.2 Å². The number of nitrogens with one attached hydrogen (secondary N) is 2. The summed E-state index contributed by atoms with van der Waals surface area (Å²) in [5.41, 5.74) is 3.95. The Morgan fingerprint density at radius 1 is 1.39 bits per heavy atom. The van der Waals surface area contributed by atoms with Crippen molar-refractivity contribution in [1.82, 2.24) is 20.8 Å². The molecule has 0 aromatic carbocycles. The number of nitrogens with zero attached hydrogens (tertiary/aromatic N) is 3. The third kappa shape index (κ3) is 5.24. The van der Waals surface area contributed by atoms with Gasteiger partial charge in [0.2, 0.25) is 0 Å². The highest BCUT2D eigenvalue weighted by Gasteiger charge is 2.02. The van der Waals surface area contributed by atoms with E-state index in [1.54, 1.807) is 0 Å². The van der Waals surface area contributed by atoms with Crippen LogP contribution in [0.15, 0.2) is 11.1 Å². The molecule has 0 atom stereocenters. The van der Waals surface area contributed by atoms with E-state index in [4.69, 9.17) is 0 Å². The molecule has 0 radical (unpaired) electrons. The molecule has 98 valence electrons. The van der Waals surface area contributed by atoms with Crippen LogP contribution in [0.25, 0.3) is 0 Å². The average Bonchev–Trinajstić information content (AvgIpc) is 2.22. The molecular formula is C11H17N5O2. The van der Waals surface area contributed by atoms with Gasteiger partial charge < -0.3 is 10.2 Å². The van der Waals surface area contributed by atoms with Crippen LogP contribution in [0.1, 0.15) is 25.2 Å². The van der Waals surface area contributed by atoms with Crippen molar-refractivity contribution in [3.05, 3.63) is 17.5 Å². The van der Waals surface area contributed by atoms with Crippen LogP contribution in [0.4, 0.5) is 10.7 Å². The van der Waals surface area contributed by atoms with Crippen molar-refractivity contribution in [3.8, 4) is 0 Å². The second kappa shape index (κ2) is 6.53. The first kappa shape index (κ1) is 13.9. The van der Waals surface area contributed by atoms with Crippen LogP contribution in [0.5, 0.6) is 0 Å². The molecule has 1 aromatic rings. The third-order valence-electron chi connectivity index (χ3n) is 1.76. The number of aromatic nitrogens is 2. The van der Waals surface area contributed by atoms with Crippen LogP contribution in [0.2, 0.25) is 0 Å². The molecule has 0 aliphatic rings. The van der Waals surface area contributed by atoms with E-state index in [-0.39, 0.29) is 6.04 Å². The summed E-state index contributed by atoms with van der Waals surface area (Å²) >= 11 is 0. The van der Waals surface area contributed by atoms with Gasteiger partial charge in [0.05, 0.1) is 0 Å². The van der Waals surface area contributed by atoms with Gasteiger partial charge in [-0.2, -0.15) is 4.99 Å². The standard InChI is InChI=1S/C11H17N5O2/c1-7(2)14-11(17)18-13-6-12-10-15-8(3)5-9(4)16-10/h5-7H,1-4H3,(H,14,17)(H,12,13,15,16). The van der Waals surface area contributed by atoms with Gasteiger partial charge in [-0.1, -0.05) is 0 Å². The molecule has 0 saturated carbocycles. The smallest absolute Gasteiger partial charge is 0.323 e. The van der Waals surface area contributed by atoms with E-state index in [9.17, 15) is 4.79 Å². The Bertz CT molecular complexity index is 425. The highest BCUT2D eigenvalue weighted by molar-refractivity contribution is 5.69. The number of amides is 1. The van der Waals surface area contributed by atoms with E-state index in [2.05, 4.69) is 30.6 Å². The molecule has 2 N–H and O–H groups in total. The van der Waals surface area contributed by atoms with Gasteiger partial charge >= 0.3 is 6.09 Å². The molecule has 7 heteroatoms. The lowest BCUT2D eigenvalue weighted by Crippen LogP contribution is -2.34. The quantitative estimate of drug-likeness (QED) is 0.479. The largest absolute Gasteiger partial charge is 0.431 e. The third-order valence-corrected chi connectivity index (χ3v) is 1.76. The Balaban J connectivity index is 2.43. The molecule has 0 aliphatic heterocycles. The summed E-state index contributed by atoms with van der Waals surface area (Å²) in [4.78, 5) is 27.8. The number of rotatable bonds is 4. The van der Waals surface area contributed by atoms with Crippen molar-refractivity contribution in [2.75, 3.05) is 0 Å². The van der Waals surface area contributed by atoms with Crippen LogP contribution in [-0.4, -0.2) is 28.4 Å². The van der Waals surface area contributed by atoms with Gasteiger partial charge in [0.15, 0.2) is 0 Å². The predicted octanol–water partition coefficient (Wildman–Crippen LogP) is 1.39. The minimum Gasteiger partial charge on any atom is -0.323 e. The molecule has 1 amide bonds. The Hall–Kier alpha value is -2.18. The highest BCUT2D eigenvalue weighted by atomic mass is 16.7. The van der Waals surface area contributed by atoms with Gasteiger partial charge in [0, 0.05) is 17.4 Å². The molecular weight excluding hydrogens is 234 g/mol. The normalized spacial score (nSPS) is 10.7. The molecule has 1 heterocycles. The lowest BCUT2D eigenvalue weighted by atomic mass is 10.4. The SMILES string of the molecule is Cc1cc(C)nc(/N=C/NOC(=O)NC(C)C)n1. The zero-order chi connectivity index (χ0) is 13.5. The molecule has 0 bridgehead atoms. The second-order valence-electron chi connectivity index (χ2n) is 4.02. The number of hydrogen-bond acceptors (Lipinski definition) is 5. The van der Waals surface area contributed by atoms with Gasteiger partial charge in [-0.3, -0.25) is 0 Å². The van der Waals surface area contributed by atoms with Crippen LogP contribution >= 0.6 is 0 Å². The van der Waals surface area contributed by atoms with Gasteiger partial charge in [0.1, 0.15) is 6.34 Å². The predicted molar refractivity (Wildman–Crippen MR) is 67.5 cm³/mol. The lowest BCUT2D eigenvalue weighted by Gasteiger charge is -2.07. The number of hydrogen-bond donors (Lipinski definition) is 2. The maximum absolute atomic E-state index is 11.1. The topological polar surface area (TPSA) is 88.5 Å². The van der Waals surface area contributed by atoms with Gasteiger partial charge in [-0.15, -0.1) is 0 Å². The lowest BCUT2D eigenvalue weighted by molar-refractivity contribution is 0.120. The zero-order valence-electron chi connectivity index (χ0n) is 10.9. The summed E-state index contributed by atoms with van der Waals surface area (Å²) in [5, 5.41) is 2.54. The summed E-state index contributed by atoms with van der Waals surface area (Å²) in [6.45, 7) is 7.37. The number of carbonyl (C=O) groups excluding carboxylic acids is 1. The van der Waals surface area contributed by atoms with E-state index in [1.807, 2.05) is 33.8 Å². The van der Waals surface area contributed by atoms with Crippen molar-refractivity contribution in [2.24, 2.45) is 4.99 Å². The minimum absolute atomic E-state index is 0.0130. The van der Waals surface area contributed by atoms with Crippen LogP contribution in [0, 0.1) is 13.8 Å². The van der Waals surface area contributed by atoms with Gasteiger partial charge in [0.25, 0.3) is 5.95 Å². The van der Waals surface area contributed by atoms with E-state index in [0.29, 0.717) is 5.95 Å². The van der Waals surface area contributed by atoms with Crippen molar-refractivity contribution < 1.29 is 9.63 Å². The summed E-state index contributed by atoms with van der Waals surface area (Å²) in [6.07, 6.45) is 0.645. The first-order valence-electron chi connectivity index (χ1n) is 5.55. The van der Waals surface area contributed by atoms with Crippen LogP contribution in [-0.2, 0) is 4.84 Å². The molecule has 0 aliphatic carbocycles. The Morgan fingerprint density at radius 2 is 2.00 bits per heavy atom. The Morgan fingerprint density at radius 3 is 2.56 bits per heavy atom. The molecule has 1 aromatic heterocycles. The second-order valence-corrected chi connectivity index (χ2v) is 4.02. The van der Waals surface area contributed by atoms with Crippen molar-refractivity contribution >= 4 is 18.4 Å². The number of hydroxylamine groups is 1. The number of aliphatic imine (C=N–C) groups is 1. The monoisotopic (exact) mass is 251 g/mol. The fourth-order valence-electron chi connectivity index (χ4n) is 1.19. The van der Waals surface area contributed by atoms with Gasteiger partial charge in [-0.05, 0) is 33.8 Å². The number of carbonyl (C=O) groups is 1. The maximum atomic E-state index is 11.1. The van der Waals surface area contributed by atoms with Crippen LogP contribution < -0.4 is 10.8 Å². The molecule has 0 spiro atoms. The summed E-state index contributed by atoms with van der Waals surface area (Å²) in [6, 6.07) is 1.86. The Kier molecular flexibility index (Phi) is 5.04. The molecule has 0 saturated heterocycles. The first-order valence-corrected chi connectivity index (χ1v) is 5.55. The minimum atomic E-state index is -0.571. The van der Waals surface area contributed by atoms with Crippen molar-refractivity contribution in [2.45, 2.75) is 33.7 Å². The first-order chi connectivity index (χ1) is 8.47. The molecule has 18 heavy (non-hydrogen) atoms. The summed E-state index contributed by atoms with van der Waals surface area (Å²) < 4.78 is 0. The van der Waals surface area contributed by atoms with E-state index < -0.39 is 6.09 Å². The molecule has 0 fully saturated rings. The van der Waals surface area contributed by atoms with Crippen LogP contribution in [0.3, 0.4) is 0 Å². The fraction of sp³-hybridized carbons (Fsp3) is 0.455. The fourth-order valence-corrected chi connectivity index (χ4v) is 1.19.